The van der Waals surface area contributed by atoms with Gasteiger partial charge in [0.1, 0.15) is 5.75 Å². The normalized spacial score (nSPS) is 9.96. The molecule has 2 rings (SSSR count). The molecule has 0 spiro atoms. The first kappa shape index (κ1) is 19.1. The van der Waals surface area contributed by atoms with Gasteiger partial charge in [0.25, 0.3) is 5.91 Å². The van der Waals surface area contributed by atoms with E-state index in [0.717, 1.165) is 11.1 Å². The van der Waals surface area contributed by atoms with Gasteiger partial charge in [-0.15, -0.1) is 0 Å². The molecule has 2 aromatic rings. The molecule has 138 valence electrons. The number of carbonyl (C=O) groups is 2. The van der Waals surface area contributed by atoms with E-state index in [9.17, 15) is 9.59 Å². The average Bonchev–Trinajstić information content (AvgIpc) is 2.64. The van der Waals surface area contributed by atoms with Crippen LogP contribution in [0.2, 0.25) is 0 Å². The molecule has 0 atom stereocenters. The molecule has 0 aliphatic carbocycles. The summed E-state index contributed by atoms with van der Waals surface area (Å²) in [6.07, 6.45) is 0.0827. The van der Waals surface area contributed by atoms with Gasteiger partial charge in [0.15, 0.2) is 18.1 Å². The van der Waals surface area contributed by atoms with Crippen molar-refractivity contribution in [3.63, 3.8) is 0 Å². The SMILES string of the molecule is COc1ccc(CC(=O)NNC(=O)COc2cccc(C)c2)cc1OC. The van der Waals surface area contributed by atoms with Crippen LogP contribution in [0.3, 0.4) is 0 Å². The Balaban J connectivity index is 1.78. The van der Waals surface area contributed by atoms with Crippen LogP contribution in [0.1, 0.15) is 11.1 Å². The molecule has 7 heteroatoms. The number of hydrogen-bond donors (Lipinski definition) is 2. The van der Waals surface area contributed by atoms with E-state index >= 15 is 0 Å². The molecule has 0 saturated heterocycles. The second kappa shape index (κ2) is 9.31. The number of nitrogens with one attached hydrogen (secondary N) is 2. The first-order chi connectivity index (χ1) is 12.5. The van der Waals surface area contributed by atoms with E-state index in [4.69, 9.17) is 14.2 Å². The maximum atomic E-state index is 12.0. The molecule has 0 heterocycles. The fraction of sp³-hybridized carbons (Fsp3) is 0.263. The van der Waals surface area contributed by atoms with Gasteiger partial charge >= 0.3 is 0 Å². The zero-order chi connectivity index (χ0) is 18.9. The zero-order valence-corrected chi connectivity index (χ0v) is 15.0. The molecule has 0 radical (unpaired) electrons. The van der Waals surface area contributed by atoms with E-state index in [-0.39, 0.29) is 18.9 Å². The average molecular weight is 358 g/mol. The minimum atomic E-state index is -0.452. The summed E-state index contributed by atoms with van der Waals surface area (Å²) < 4.78 is 15.7. The third-order valence-corrected chi connectivity index (χ3v) is 3.51. The largest absolute Gasteiger partial charge is 0.493 e. The molecule has 0 fully saturated rings. The van der Waals surface area contributed by atoms with Crippen LogP contribution in [0.25, 0.3) is 0 Å². The number of benzene rings is 2. The van der Waals surface area contributed by atoms with Crippen molar-refractivity contribution in [1.82, 2.24) is 10.9 Å². The predicted molar refractivity (Wildman–Crippen MR) is 96.2 cm³/mol. The summed E-state index contributed by atoms with van der Waals surface area (Å²) in [6.45, 7) is 1.74. The molecule has 7 nitrogen and oxygen atoms in total. The number of rotatable bonds is 7. The number of hydrazine groups is 1. The summed E-state index contributed by atoms with van der Waals surface area (Å²) in [5.41, 5.74) is 6.43. The quantitative estimate of drug-likeness (QED) is 0.737. The number of hydrogen-bond acceptors (Lipinski definition) is 5. The predicted octanol–water partition coefficient (Wildman–Crippen LogP) is 1.78. The van der Waals surface area contributed by atoms with Crippen molar-refractivity contribution in [2.24, 2.45) is 0 Å². The summed E-state index contributed by atoms with van der Waals surface area (Å²) in [5.74, 6) is 0.900. The minimum absolute atomic E-state index is 0.0827. The Hall–Kier alpha value is -3.22. The molecule has 0 saturated carbocycles. The minimum Gasteiger partial charge on any atom is -0.493 e. The van der Waals surface area contributed by atoms with Gasteiger partial charge in [-0.05, 0) is 42.3 Å². The standard InChI is InChI=1S/C19H22N2O5/c1-13-5-4-6-15(9-13)26-12-19(23)21-20-18(22)11-14-7-8-16(24-2)17(10-14)25-3/h4-10H,11-12H2,1-3H3,(H,20,22)(H,21,23). The summed E-state index contributed by atoms with van der Waals surface area (Å²) in [4.78, 5) is 23.7. The van der Waals surface area contributed by atoms with Gasteiger partial charge < -0.3 is 14.2 Å². The highest BCUT2D eigenvalue weighted by Crippen LogP contribution is 2.27. The molecule has 2 N–H and O–H groups in total. The van der Waals surface area contributed by atoms with E-state index in [1.807, 2.05) is 25.1 Å². The molecular formula is C19H22N2O5. The van der Waals surface area contributed by atoms with Gasteiger partial charge in [0, 0.05) is 0 Å². The number of carbonyl (C=O) groups excluding carboxylic acids is 2. The molecule has 0 aliphatic rings. The van der Waals surface area contributed by atoms with Crippen molar-refractivity contribution in [2.45, 2.75) is 13.3 Å². The summed E-state index contributed by atoms with van der Waals surface area (Å²) in [6, 6.07) is 12.5. The van der Waals surface area contributed by atoms with Gasteiger partial charge in [-0.3, -0.25) is 20.4 Å². The Morgan fingerprint density at radius 2 is 1.65 bits per heavy atom. The first-order valence-electron chi connectivity index (χ1n) is 8.00. The van der Waals surface area contributed by atoms with Crippen LogP contribution in [0.5, 0.6) is 17.2 Å². The van der Waals surface area contributed by atoms with Crippen molar-refractivity contribution < 1.29 is 23.8 Å². The van der Waals surface area contributed by atoms with Crippen LogP contribution in [0, 0.1) is 6.92 Å². The Morgan fingerprint density at radius 1 is 0.923 bits per heavy atom. The molecule has 0 aromatic heterocycles. The third-order valence-electron chi connectivity index (χ3n) is 3.51. The zero-order valence-electron chi connectivity index (χ0n) is 15.0. The molecule has 0 aliphatic heterocycles. The van der Waals surface area contributed by atoms with Gasteiger partial charge in [0.05, 0.1) is 20.6 Å². The van der Waals surface area contributed by atoms with Crippen LogP contribution in [-0.4, -0.2) is 32.6 Å². The Kier molecular flexibility index (Phi) is 6.84. The third kappa shape index (κ3) is 5.70. The van der Waals surface area contributed by atoms with Crippen molar-refractivity contribution in [1.29, 1.82) is 0 Å². The molecule has 2 aromatic carbocycles. The lowest BCUT2D eigenvalue weighted by Gasteiger charge is -2.11. The van der Waals surface area contributed by atoms with Crippen LogP contribution < -0.4 is 25.1 Å². The lowest BCUT2D eigenvalue weighted by Crippen LogP contribution is -2.44. The van der Waals surface area contributed by atoms with Gasteiger partial charge in [-0.1, -0.05) is 18.2 Å². The highest BCUT2D eigenvalue weighted by molar-refractivity contribution is 5.84. The highest BCUT2D eigenvalue weighted by Gasteiger charge is 2.10. The topological polar surface area (TPSA) is 85.9 Å². The number of ether oxygens (including phenoxy) is 3. The second-order valence-corrected chi connectivity index (χ2v) is 5.57. The van der Waals surface area contributed by atoms with E-state index < -0.39 is 5.91 Å². The molecular weight excluding hydrogens is 336 g/mol. The number of amides is 2. The van der Waals surface area contributed by atoms with Crippen LogP contribution in [-0.2, 0) is 16.0 Å². The smallest absolute Gasteiger partial charge is 0.276 e. The molecule has 0 unspecified atom stereocenters. The van der Waals surface area contributed by atoms with Gasteiger partial charge in [-0.25, -0.2) is 0 Å². The summed E-state index contributed by atoms with van der Waals surface area (Å²) in [5, 5.41) is 0. The monoisotopic (exact) mass is 358 g/mol. The lowest BCUT2D eigenvalue weighted by atomic mass is 10.1. The molecule has 0 bridgehead atoms. The van der Waals surface area contributed by atoms with Crippen molar-refractivity contribution in [3.8, 4) is 17.2 Å². The van der Waals surface area contributed by atoms with E-state index in [2.05, 4.69) is 10.9 Å². The Morgan fingerprint density at radius 3 is 2.35 bits per heavy atom. The summed E-state index contributed by atoms with van der Waals surface area (Å²) in [7, 11) is 3.06. The van der Waals surface area contributed by atoms with Crippen molar-refractivity contribution in [2.75, 3.05) is 20.8 Å². The second-order valence-electron chi connectivity index (χ2n) is 5.57. The maximum absolute atomic E-state index is 12.0. The molecule has 2 amide bonds. The number of aryl methyl sites for hydroxylation is 1. The van der Waals surface area contributed by atoms with Crippen LogP contribution in [0.15, 0.2) is 42.5 Å². The van der Waals surface area contributed by atoms with E-state index in [1.54, 1.807) is 31.4 Å². The Bertz CT molecular complexity index is 776. The summed E-state index contributed by atoms with van der Waals surface area (Å²) >= 11 is 0. The Labute approximate surface area is 152 Å². The number of methoxy groups -OCH3 is 2. The highest BCUT2D eigenvalue weighted by atomic mass is 16.5. The molecule has 26 heavy (non-hydrogen) atoms. The van der Waals surface area contributed by atoms with E-state index in [1.165, 1.54) is 7.11 Å². The lowest BCUT2D eigenvalue weighted by molar-refractivity contribution is -0.129. The van der Waals surface area contributed by atoms with Gasteiger partial charge in [0.2, 0.25) is 5.91 Å². The van der Waals surface area contributed by atoms with Crippen molar-refractivity contribution >= 4 is 11.8 Å². The first-order valence-corrected chi connectivity index (χ1v) is 8.00. The van der Waals surface area contributed by atoms with Gasteiger partial charge in [-0.2, -0.15) is 0 Å². The van der Waals surface area contributed by atoms with E-state index in [0.29, 0.717) is 17.2 Å². The maximum Gasteiger partial charge on any atom is 0.276 e. The fourth-order valence-electron chi connectivity index (χ4n) is 2.25. The van der Waals surface area contributed by atoms with Crippen LogP contribution >= 0.6 is 0 Å². The van der Waals surface area contributed by atoms with Crippen LogP contribution in [0.4, 0.5) is 0 Å². The van der Waals surface area contributed by atoms with Crippen molar-refractivity contribution in [3.05, 3.63) is 53.6 Å². The fourth-order valence-corrected chi connectivity index (χ4v) is 2.25.